The summed E-state index contributed by atoms with van der Waals surface area (Å²) in [6.45, 7) is 0.939. The number of rotatable bonds is 2. The van der Waals surface area contributed by atoms with Crippen molar-refractivity contribution in [3.63, 3.8) is 0 Å². The summed E-state index contributed by atoms with van der Waals surface area (Å²) in [4.78, 5) is 17.1. The molecule has 1 aromatic carbocycles. The number of hydrogen-bond donors (Lipinski definition) is 1. The molecule has 1 aromatic rings. The van der Waals surface area contributed by atoms with Crippen molar-refractivity contribution < 1.29 is 9.90 Å². The van der Waals surface area contributed by atoms with Crippen LogP contribution in [0.2, 0.25) is 0 Å². The first-order valence-corrected chi connectivity index (χ1v) is 8.45. The molecule has 0 bridgehead atoms. The number of aliphatic hydroxyl groups is 1. The average molecular weight is 300 g/mol. The fourth-order valence-corrected chi connectivity index (χ4v) is 4.77. The Hall–Kier alpha value is -1.55. The van der Waals surface area contributed by atoms with Crippen LogP contribution in [0, 0.1) is 5.92 Å². The van der Waals surface area contributed by atoms with Gasteiger partial charge in [-0.25, -0.2) is 0 Å². The van der Waals surface area contributed by atoms with Gasteiger partial charge in [0.05, 0.1) is 18.7 Å². The number of anilines is 1. The van der Waals surface area contributed by atoms with E-state index in [1.54, 1.807) is 0 Å². The molecule has 1 amide bonds. The Balaban J connectivity index is 1.64. The van der Waals surface area contributed by atoms with E-state index in [9.17, 15) is 9.90 Å². The van der Waals surface area contributed by atoms with E-state index in [2.05, 4.69) is 36.2 Å². The second-order valence-electron chi connectivity index (χ2n) is 7.01. The highest BCUT2D eigenvalue weighted by Gasteiger charge is 2.54. The molecule has 22 heavy (non-hydrogen) atoms. The summed E-state index contributed by atoms with van der Waals surface area (Å²) in [6.07, 6.45) is 4.39. The maximum atomic E-state index is 12.9. The molecule has 1 saturated heterocycles. The Bertz CT molecular complexity index is 582. The SMILES string of the molecule is CN1C[C@H]2[C@@H](c3ccccc31)[C@@H](CO)N2C(=O)C1CCCC1. The number of benzene rings is 1. The molecule has 0 aromatic heterocycles. The molecule has 4 nitrogen and oxygen atoms in total. The van der Waals surface area contributed by atoms with Crippen LogP contribution < -0.4 is 4.90 Å². The zero-order chi connectivity index (χ0) is 15.3. The van der Waals surface area contributed by atoms with Gasteiger partial charge in [-0.1, -0.05) is 31.0 Å². The summed E-state index contributed by atoms with van der Waals surface area (Å²) in [6, 6.07) is 8.61. The molecule has 2 aliphatic heterocycles. The fraction of sp³-hybridized carbons (Fsp3) is 0.611. The lowest BCUT2D eigenvalue weighted by Gasteiger charge is -2.59. The largest absolute Gasteiger partial charge is 0.394 e. The number of nitrogens with zero attached hydrogens (tertiary/aromatic N) is 2. The van der Waals surface area contributed by atoms with Gasteiger partial charge in [0.15, 0.2) is 0 Å². The molecule has 4 heteroatoms. The summed E-state index contributed by atoms with van der Waals surface area (Å²) in [5, 5.41) is 9.87. The van der Waals surface area contributed by atoms with Crippen LogP contribution in [0.3, 0.4) is 0 Å². The molecule has 1 aliphatic carbocycles. The van der Waals surface area contributed by atoms with Crippen LogP contribution in [-0.4, -0.2) is 48.2 Å². The zero-order valence-corrected chi connectivity index (χ0v) is 13.1. The summed E-state index contributed by atoms with van der Waals surface area (Å²) in [7, 11) is 2.10. The lowest BCUT2D eigenvalue weighted by atomic mass is 9.71. The second-order valence-corrected chi connectivity index (χ2v) is 7.01. The summed E-state index contributed by atoms with van der Waals surface area (Å²) in [5.41, 5.74) is 2.53. The van der Waals surface area contributed by atoms with Crippen molar-refractivity contribution in [2.45, 2.75) is 43.7 Å². The number of amides is 1. The third kappa shape index (κ3) is 1.89. The van der Waals surface area contributed by atoms with Gasteiger partial charge in [-0.15, -0.1) is 0 Å². The van der Waals surface area contributed by atoms with Gasteiger partial charge in [0.1, 0.15) is 0 Å². The van der Waals surface area contributed by atoms with Crippen molar-refractivity contribution >= 4 is 11.6 Å². The fourth-order valence-electron chi connectivity index (χ4n) is 4.77. The van der Waals surface area contributed by atoms with Crippen molar-refractivity contribution in [3.05, 3.63) is 29.8 Å². The van der Waals surface area contributed by atoms with Crippen molar-refractivity contribution in [3.8, 4) is 0 Å². The topological polar surface area (TPSA) is 43.8 Å². The molecular formula is C18H24N2O2. The minimum absolute atomic E-state index is 0.0343. The molecular weight excluding hydrogens is 276 g/mol. The van der Waals surface area contributed by atoms with Crippen LogP contribution in [0.5, 0.6) is 0 Å². The number of likely N-dealkylation sites (N-methyl/N-ethyl adjacent to an activating group) is 1. The van der Waals surface area contributed by atoms with Crippen molar-refractivity contribution in [1.29, 1.82) is 0 Å². The van der Waals surface area contributed by atoms with E-state index in [0.717, 1.165) is 19.4 Å². The standard InChI is InChI=1S/C18H24N2O2/c1-19-10-15-17(13-8-4-5-9-14(13)19)16(11-21)20(15)18(22)12-6-2-3-7-12/h4-5,8-9,12,15-17,21H,2-3,6-7,10-11H2,1H3/t15-,16+,17+/m0/s1. The predicted octanol–water partition coefficient (Wildman–Crippen LogP) is 1.98. The van der Waals surface area contributed by atoms with Crippen molar-refractivity contribution in [2.24, 2.45) is 5.92 Å². The number of aliphatic hydroxyl groups excluding tert-OH is 1. The van der Waals surface area contributed by atoms with Gasteiger partial charge in [0.2, 0.25) is 5.91 Å². The normalized spacial score (nSPS) is 30.7. The lowest BCUT2D eigenvalue weighted by Crippen LogP contribution is -2.70. The maximum absolute atomic E-state index is 12.9. The van der Waals surface area contributed by atoms with E-state index in [1.165, 1.54) is 24.1 Å². The Kier molecular flexibility index (Phi) is 3.37. The Morgan fingerprint density at radius 2 is 2.00 bits per heavy atom. The molecule has 0 unspecified atom stereocenters. The van der Waals surface area contributed by atoms with Crippen molar-refractivity contribution in [1.82, 2.24) is 4.90 Å². The number of carbonyl (C=O) groups excluding carboxylic acids is 1. The minimum Gasteiger partial charge on any atom is -0.394 e. The molecule has 2 fully saturated rings. The van der Waals surface area contributed by atoms with E-state index in [-0.39, 0.29) is 30.5 Å². The van der Waals surface area contributed by atoms with Crippen molar-refractivity contribution in [2.75, 3.05) is 25.1 Å². The third-order valence-electron chi connectivity index (χ3n) is 5.86. The van der Waals surface area contributed by atoms with Gasteiger partial charge in [-0.2, -0.15) is 0 Å². The van der Waals surface area contributed by atoms with Crippen LogP contribution in [0.25, 0.3) is 0 Å². The summed E-state index contributed by atoms with van der Waals surface area (Å²) in [5.74, 6) is 0.769. The van der Waals surface area contributed by atoms with Gasteiger partial charge in [-0.3, -0.25) is 4.79 Å². The quantitative estimate of drug-likeness (QED) is 0.908. The summed E-state index contributed by atoms with van der Waals surface area (Å²) < 4.78 is 0. The van der Waals surface area contributed by atoms with Gasteiger partial charge >= 0.3 is 0 Å². The molecule has 1 saturated carbocycles. The summed E-state index contributed by atoms with van der Waals surface area (Å²) >= 11 is 0. The predicted molar refractivity (Wildman–Crippen MR) is 85.9 cm³/mol. The van der Waals surface area contributed by atoms with E-state index in [1.807, 2.05) is 4.90 Å². The molecule has 118 valence electrons. The highest BCUT2D eigenvalue weighted by Crippen LogP contribution is 2.48. The highest BCUT2D eigenvalue weighted by molar-refractivity contribution is 5.82. The molecule has 3 atom stereocenters. The van der Waals surface area contributed by atoms with Gasteiger partial charge in [-0.05, 0) is 24.5 Å². The number of likely N-dealkylation sites (tertiary alicyclic amines) is 1. The lowest BCUT2D eigenvalue weighted by molar-refractivity contribution is -0.154. The maximum Gasteiger partial charge on any atom is 0.226 e. The molecule has 0 radical (unpaired) electrons. The molecule has 4 rings (SSSR count). The third-order valence-corrected chi connectivity index (χ3v) is 5.86. The molecule has 2 heterocycles. The average Bonchev–Trinajstić information content (AvgIpc) is 3.05. The molecule has 1 N–H and O–H groups in total. The zero-order valence-electron chi connectivity index (χ0n) is 13.1. The first-order chi connectivity index (χ1) is 10.7. The van der Waals surface area contributed by atoms with Crippen LogP contribution in [0.1, 0.15) is 37.2 Å². The highest BCUT2D eigenvalue weighted by atomic mass is 16.3. The van der Waals surface area contributed by atoms with Crippen LogP contribution in [0.15, 0.2) is 24.3 Å². The number of hydrogen-bond acceptors (Lipinski definition) is 3. The Labute approximate surface area is 131 Å². The van der Waals surface area contributed by atoms with Gasteiger partial charge < -0.3 is 14.9 Å². The monoisotopic (exact) mass is 300 g/mol. The molecule has 0 spiro atoms. The smallest absolute Gasteiger partial charge is 0.226 e. The Morgan fingerprint density at radius 1 is 1.27 bits per heavy atom. The van der Waals surface area contributed by atoms with Crippen LogP contribution >= 0.6 is 0 Å². The minimum atomic E-state index is -0.0343. The number of fused-ring (bicyclic) bond motifs is 3. The van der Waals surface area contributed by atoms with Gasteiger partial charge in [0.25, 0.3) is 0 Å². The van der Waals surface area contributed by atoms with E-state index >= 15 is 0 Å². The number of para-hydroxylation sites is 1. The number of carbonyl (C=O) groups is 1. The van der Waals surface area contributed by atoms with E-state index in [0.29, 0.717) is 5.92 Å². The van der Waals surface area contributed by atoms with Gasteiger partial charge in [0, 0.05) is 31.1 Å². The first-order valence-electron chi connectivity index (χ1n) is 8.45. The van der Waals surface area contributed by atoms with E-state index in [4.69, 9.17) is 0 Å². The van der Waals surface area contributed by atoms with E-state index < -0.39 is 0 Å². The molecule has 3 aliphatic rings. The first kappa shape index (κ1) is 14.1. The van der Waals surface area contributed by atoms with Crippen LogP contribution in [-0.2, 0) is 4.79 Å². The van der Waals surface area contributed by atoms with Crippen LogP contribution in [0.4, 0.5) is 5.69 Å². The second kappa shape index (κ2) is 5.27. The Morgan fingerprint density at radius 3 is 2.73 bits per heavy atom.